The number of hydrogen-bond acceptors (Lipinski definition) is 1. The molecule has 0 fully saturated rings. The van der Waals surface area contributed by atoms with Crippen molar-refractivity contribution in [3.63, 3.8) is 0 Å². The molecule has 0 unspecified atom stereocenters. The van der Waals surface area contributed by atoms with Crippen LogP contribution in [0.1, 0.15) is 19.8 Å². The highest BCUT2D eigenvalue weighted by Crippen LogP contribution is 1.88. The number of carbonyl (C=O) groups excluding carboxylic acids is 1. The second kappa shape index (κ2) is 5.11. The Balaban J connectivity index is 3.47. The van der Waals surface area contributed by atoms with Crippen LogP contribution in [0.2, 0.25) is 0 Å². The Labute approximate surface area is 55.8 Å². The number of Topliss-reactive ketones (excluding diaryl/α,β-unsaturated/α-hetero) is 1. The van der Waals surface area contributed by atoms with Crippen LogP contribution >= 0.6 is 0 Å². The summed E-state index contributed by atoms with van der Waals surface area (Å²) in [5, 5.41) is 0. The molecule has 0 atom stereocenters. The number of rotatable bonds is 3. The van der Waals surface area contributed by atoms with E-state index in [4.69, 9.17) is 0 Å². The van der Waals surface area contributed by atoms with Crippen molar-refractivity contribution in [1.29, 1.82) is 0 Å². The van der Waals surface area contributed by atoms with Gasteiger partial charge in [0.15, 0.2) is 0 Å². The Hall–Kier alpha value is -1.03. The van der Waals surface area contributed by atoms with Crippen molar-refractivity contribution >= 4 is 5.78 Å². The topological polar surface area (TPSA) is 17.1 Å². The molecule has 0 N–H and O–H groups in total. The Morgan fingerprint density at radius 3 is 2.89 bits per heavy atom. The minimum Gasteiger partial charge on any atom is -0.285 e. The molecule has 0 heterocycles. The van der Waals surface area contributed by atoms with Crippen molar-refractivity contribution < 1.29 is 4.79 Å². The molecule has 0 aliphatic heterocycles. The van der Waals surface area contributed by atoms with Crippen LogP contribution in [-0.2, 0) is 4.79 Å². The summed E-state index contributed by atoms with van der Waals surface area (Å²) in [7, 11) is 0. The standard InChI is InChI=1S/C8H10O/c1-3-5-7-8(9)6-4-2/h3H,1,5,7H2,2H3. The molecule has 0 radical (unpaired) electrons. The number of hydrogen-bond donors (Lipinski definition) is 0. The fourth-order valence-corrected chi connectivity index (χ4v) is 0.435. The van der Waals surface area contributed by atoms with Crippen LogP contribution in [0.3, 0.4) is 0 Å². The Kier molecular flexibility index (Phi) is 4.53. The summed E-state index contributed by atoms with van der Waals surface area (Å²) in [6.07, 6.45) is 2.95. The molecule has 0 rings (SSSR count). The van der Waals surface area contributed by atoms with Gasteiger partial charge < -0.3 is 0 Å². The van der Waals surface area contributed by atoms with Gasteiger partial charge in [-0.3, -0.25) is 4.79 Å². The van der Waals surface area contributed by atoms with E-state index in [2.05, 4.69) is 18.4 Å². The maximum absolute atomic E-state index is 10.6. The van der Waals surface area contributed by atoms with E-state index in [9.17, 15) is 4.79 Å². The summed E-state index contributed by atoms with van der Waals surface area (Å²) in [6, 6.07) is 0. The van der Waals surface area contributed by atoms with E-state index in [1.54, 1.807) is 13.0 Å². The van der Waals surface area contributed by atoms with Crippen LogP contribution in [0.15, 0.2) is 12.7 Å². The van der Waals surface area contributed by atoms with Crippen LogP contribution < -0.4 is 0 Å². The van der Waals surface area contributed by atoms with E-state index >= 15 is 0 Å². The van der Waals surface area contributed by atoms with E-state index < -0.39 is 0 Å². The predicted octanol–water partition coefficient (Wildman–Crippen LogP) is 1.54. The first-order valence-corrected chi connectivity index (χ1v) is 2.87. The highest BCUT2D eigenvalue weighted by Gasteiger charge is 1.90. The Bertz CT molecular complexity index is 157. The summed E-state index contributed by atoms with van der Waals surface area (Å²) in [4.78, 5) is 10.6. The average Bonchev–Trinajstić information content (AvgIpc) is 1.85. The molecule has 0 aliphatic rings. The fraction of sp³-hybridized carbons (Fsp3) is 0.375. The first-order chi connectivity index (χ1) is 4.31. The van der Waals surface area contributed by atoms with Crippen molar-refractivity contribution in [3.05, 3.63) is 12.7 Å². The van der Waals surface area contributed by atoms with Gasteiger partial charge in [0, 0.05) is 6.42 Å². The smallest absolute Gasteiger partial charge is 0.205 e. The normalized spacial score (nSPS) is 7.22. The molecular formula is C8H10O. The lowest BCUT2D eigenvalue weighted by molar-refractivity contribution is -0.113. The molecule has 0 saturated carbocycles. The zero-order valence-corrected chi connectivity index (χ0v) is 5.61. The molecule has 0 saturated heterocycles. The summed E-state index contributed by atoms with van der Waals surface area (Å²) < 4.78 is 0. The summed E-state index contributed by atoms with van der Waals surface area (Å²) in [5.41, 5.74) is 0. The third-order valence-electron chi connectivity index (χ3n) is 0.840. The molecule has 48 valence electrons. The lowest BCUT2D eigenvalue weighted by Crippen LogP contribution is -1.90. The van der Waals surface area contributed by atoms with Crippen molar-refractivity contribution in [1.82, 2.24) is 0 Å². The largest absolute Gasteiger partial charge is 0.285 e. The quantitative estimate of drug-likeness (QED) is 0.315. The molecule has 0 aromatic heterocycles. The summed E-state index contributed by atoms with van der Waals surface area (Å²) in [5.74, 6) is 4.98. The Morgan fingerprint density at radius 2 is 2.44 bits per heavy atom. The minimum atomic E-state index is -0.00241. The average molecular weight is 122 g/mol. The van der Waals surface area contributed by atoms with Crippen LogP contribution in [0.5, 0.6) is 0 Å². The van der Waals surface area contributed by atoms with Crippen molar-refractivity contribution in [3.8, 4) is 11.8 Å². The van der Waals surface area contributed by atoms with Crippen LogP contribution in [0, 0.1) is 11.8 Å². The third-order valence-corrected chi connectivity index (χ3v) is 0.840. The van der Waals surface area contributed by atoms with Gasteiger partial charge in [-0.05, 0) is 19.3 Å². The molecular weight excluding hydrogens is 112 g/mol. The van der Waals surface area contributed by atoms with Crippen LogP contribution in [0.4, 0.5) is 0 Å². The first kappa shape index (κ1) is 7.97. The molecule has 0 aromatic rings. The van der Waals surface area contributed by atoms with Gasteiger partial charge in [0.25, 0.3) is 0 Å². The van der Waals surface area contributed by atoms with Gasteiger partial charge >= 0.3 is 0 Å². The van der Waals surface area contributed by atoms with E-state index in [0.717, 1.165) is 6.42 Å². The lowest BCUT2D eigenvalue weighted by Gasteiger charge is -1.83. The van der Waals surface area contributed by atoms with Gasteiger partial charge in [-0.1, -0.05) is 12.0 Å². The maximum atomic E-state index is 10.6. The molecule has 0 spiro atoms. The van der Waals surface area contributed by atoms with Crippen LogP contribution in [0.25, 0.3) is 0 Å². The fourth-order valence-electron chi connectivity index (χ4n) is 0.435. The van der Waals surface area contributed by atoms with E-state index in [1.807, 2.05) is 0 Å². The molecule has 0 bridgehead atoms. The molecule has 1 nitrogen and oxygen atoms in total. The van der Waals surface area contributed by atoms with Crippen molar-refractivity contribution in [2.24, 2.45) is 0 Å². The number of allylic oxidation sites excluding steroid dienone is 1. The van der Waals surface area contributed by atoms with E-state index in [1.165, 1.54) is 0 Å². The van der Waals surface area contributed by atoms with Gasteiger partial charge in [-0.15, -0.1) is 6.58 Å². The van der Waals surface area contributed by atoms with Gasteiger partial charge in [0.1, 0.15) is 0 Å². The van der Waals surface area contributed by atoms with E-state index in [0.29, 0.717) is 6.42 Å². The van der Waals surface area contributed by atoms with Gasteiger partial charge in [-0.2, -0.15) is 0 Å². The van der Waals surface area contributed by atoms with E-state index in [-0.39, 0.29) is 5.78 Å². The second-order valence-corrected chi connectivity index (χ2v) is 1.63. The van der Waals surface area contributed by atoms with Gasteiger partial charge in [-0.25, -0.2) is 0 Å². The lowest BCUT2D eigenvalue weighted by atomic mass is 10.2. The van der Waals surface area contributed by atoms with Gasteiger partial charge in [0.05, 0.1) is 0 Å². The molecule has 0 amide bonds. The maximum Gasteiger partial charge on any atom is 0.205 e. The zero-order chi connectivity index (χ0) is 7.11. The molecule has 0 aliphatic carbocycles. The molecule has 1 heteroatoms. The van der Waals surface area contributed by atoms with Crippen molar-refractivity contribution in [2.75, 3.05) is 0 Å². The second-order valence-electron chi connectivity index (χ2n) is 1.63. The molecule has 9 heavy (non-hydrogen) atoms. The highest BCUT2D eigenvalue weighted by atomic mass is 16.1. The van der Waals surface area contributed by atoms with Crippen molar-refractivity contribution in [2.45, 2.75) is 19.8 Å². The zero-order valence-electron chi connectivity index (χ0n) is 5.61. The third kappa shape index (κ3) is 4.83. The monoisotopic (exact) mass is 122 g/mol. The first-order valence-electron chi connectivity index (χ1n) is 2.87. The summed E-state index contributed by atoms with van der Waals surface area (Å²) >= 11 is 0. The predicted molar refractivity (Wildman–Crippen MR) is 37.9 cm³/mol. The minimum absolute atomic E-state index is 0.00241. The van der Waals surface area contributed by atoms with Crippen LogP contribution in [-0.4, -0.2) is 5.78 Å². The summed E-state index contributed by atoms with van der Waals surface area (Å²) in [6.45, 7) is 5.15. The van der Waals surface area contributed by atoms with Gasteiger partial charge in [0.2, 0.25) is 5.78 Å². The SMILES string of the molecule is C=CCCC(=O)C#CC. The highest BCUT2D eigenvalue weighted by molar-refractivity contribution is 5.95. The Morgan fingerprint density at radius 1 is 1.78 bits per heavy atom. The molecule has 0 aromatic carbocycles. The number of ketones is 1. The number of carbonyl (C=O) groups is 1.